The average molecular weight is 473 g/mol. The molecule has 2 aromatic rings. The SMILES string of the molecule is OC[C@H]1O[C@@H](c2ccc(Cl)c(Cc3ccc(C#CC4CCOCC4)cc3)c2)[C@H](O)[C@@H](O)[C@@H]1O. The Morgan fingerprint density at radius 1 is 0.939 bits per heavy atom. The fourth-order valence-electron chi connectivity index (χ4n) is 4.24. The third-order valence-electron chi connectivity index (χ3n) is 6.28. The van der Waals surface area contributed by atoms with Crippen LogP contribution in [0.2, 0.25) is 5.02 Å². The van der Waals surface area contributed by atoms with E-state index in [-0.39, 0.29) is 0 Å². The largest absolute Gasteiger partial charge is 0.394 e. The molecule has 2 saturated heterocycles. The summed E-state index contributed by atoms with van der Waals surface area (Å²) in [4.78, 5) is 0. The van der Waals surface area contributed by atoms with E-state index < -0.39 is 37.1 Å². The van der Waals surface area contributed by atoms with Gasteiger partial charge in [0.2, 0.25) is 0 Å². The monoisotopic (exact) mass is 472 g/mol. The Morgan fingerprint density at radius 2 is 1.67 bits per heavy atom. The zero-order chi connectivity index (χ0) is 23.4. The molecule has 2 heterocycles. The molecule has 4 rings (SSSR count). The summed E-state index contributed by atoms with van der Waals surface area (Å²) in [5.41, 5.74) is 3.48. The number of aliphatic hydroxyl groups is 4. The van der Waals surface area contributed by atoms with Crippen molar-refractivity contribution in [3.8, 4) is 11.8 Å². The lowest BCUT2D eigenvalue weighted by molar-refractivity contribution is -0.231. The van der Waals surface area contributed by atoms with Gasteiger partial charge in [-0.2, -0.15) is 0 Å². The van der Waals surface area contributed by atoms with Crippen molar-refractivity contribution in [2.75, 3.05) is 19.8 Å². The number of hydrogen-bond donors (Lipinski definition) is 4. The van der Waals surface area contributed by atoms with Gasteiger partial charge in [0.15, 0.2) is 0 Å². The van der Waals surface area contributed by atoms with Crippen LogP contribution in [-0.2, 0) is 15.9 Å². The summed E-state index contributed by atoms with van der Waals surface area (Å²) >= 11 is 6.43. The van der Waals surface area contributed by atoms with Crippen LogP contribution in [-0.4, -0.2) is 64.7 Å². The summed E-state index contributed by atoms with van der Waals surface area (Å²) in [5, 5.41) is 40.6. The van der Waals surface area contributed by atoms with Gasteiger partial charge in [-0.3, -0.25) is 0 Å². The van der Waals surface area contributed by atoms with Gasteiger partial charge in [0.1, 0.15) is 30.5 Å². The quantitative estimate of drug-likeness (QED) is 0.509. The third-order valence-corrected chi connectivity index (χ3v) is 6.65. The van der Waals surface area contributed by atoms with Crippen LogP contribution < -0.4 is 0 Å². The van der Waals surface area contributed by atoms with Crippen LogP contribution in [0.5, 0.6) is 0 Å². The second-order valence-corrected chi connectivity index (χ2v) is 9.04. The number of hydrogen-bond acceptors (Lipinski definition) is 6. The lowest BCUT2D eigenvalue weighted by atomic mass is 9.90. The van der Waals surface area contributed by atoms with Gasteiger partial charge in [0.05, 0.1) is 6.61 Å². The van der Waals surface area contributed by atoms with E-state index in [1.165, 1.54) is 0 Å². The summed E-state index contributed by atoms with van der Waals surface area (Å²) in [5.74, 6) is 6.98. The van der Waals surface area contributed by atoms with Crippen LogP contribution >= 0.6 is 11.6 Å². The van der Waals surface area contributed by atoms with Crippen molar-refractivity contribution >= 4 is 11.6 Å². The van der Waals surface area contributed by atoms with E-state index in [4.69, 9.17) is 21.1 Å². The zero-order valence-electron chi connectivity index (χ0n) is 18.2. The van der Waals surface area contributed by atoms with Gasteiger partial charge in [-0.1, -0.05) is 47.7 Å². The Kier molecular flexibility index (Phi) is 8.05. The van der Waals surface area contributed by atoms with Crippen molar-refractivity contribution in [2.45, 2.75) is 49.8 Å². The summed E-state index contributed by atoms with van der Waals surface area (Å²) in [6.45, 7) is 1.09. The number of aliphatic hydroxyl groups excluding tert-OH is 4. The highest BCUT2D eigenvalue weighted by molar-refractivity contribution is 6.31. The minimum absolute atomic E-state index is 0.391. The lowest BCUT2D eigenvalue weighted by Gasteiger charge is -2.40. The van der Waals surface area contributed by atoms with Gasteiger partial charge in [0, 0.05) is 29.7 Å². The van der Waals surface area contributed by atoms with Gasteiger partial charge < -0.3 is 29.9 Å². The number of halogens is 1. The smallest absolute Gasteiger partial charge is 0.113 e. The lowest BCUT2D eigenvalue weighted by Crippen LogP contribution is -2.55. The molecule has 0 unspecified atom stereocenters. The molecule has 176 valence electrons. The molecule has 7 heteroatoms. The molecule has 0 amide bonds. The second kappa shape index (κ2) is 11.0. The second-order valence-electron chi connectivity index (χ2n) is 8.63. The Labute approximate surface area is 198 Å². The van der Waals surface area contributed by atoms with Crippen LogP contribution in [0.4, 0.5) is 0 Å². The molecule has 0 saturated carbocycles. The molecule has 33 heavy (non-hydrogen) atoms. The summed E-state index contributed by atoms with van der Waals surface area (Å²) < 4.78 is 11.1. The van der Waals surface area contributed by atoms with Crippen LogP contribution in [0.15, 0.2) is 42.5 Å². The molecule has 0 spiro atoms. The molecule has 0 bridgehead atoms. The molecule has 0 aromatic heterocycles. The van der Waals surface area contributed by atoms with E-state index in [1.54, 1.807) is 12.1 Å². The van der Waals surface area contributed by atoms with E-state index in [0.29, 0.717) is 22.9 Å². The standard InChI is InChI=1S/C26H29ClO6/c27-21-8-7-19(26-25(31)24(30)23(29)22(15-28)33-26)14-20(21)13-18-5-3-16(4-6-18)1-2-17-9-11-32-12-10-17/h3-8,14,17,22-26,28-31H,9-13,15H2/t22-,23-,24+,25-,26+/m1/s1. The first-order valence-corrected chi connectivity index (χ1v) is 11.6. The first-order chi connectivity index (χ1) is 16.0. The molecular weight excluding hydrogens is 444 g/mol. The van der Waals surface area contributed by atoms with Crippen LogP contribution in [0.1, 0.15) is 41.2 Å². The zero-order valence-corrected chi connectivity index (χ0v) is 19.0. The average Bonchev–Trinajstić information content (AvgIpc) is 2.84. The molecule has 4 N–H and O–H groups in total. The van der Waals surface area contributed by atoms with E-state index in [2.05, 4.69) is 11.8 Å². The van der Waals surface area contributed by atoms with Gasteiger partial charge in [-0.05, 0) is 54.2 Å². The maximum Gasteiger partial charge on any atom is 0.113 e. The first-order valence-electron chi connectivity index (χ1n) is 11.2. The first kappa shape index (κ1) is 24.2. The van der Waals surface area contributed by atoms with E-state index in [1.807, 2.05) is 30.3 Å². The van der Waals surface area contributed by atoms with Crippen LogP contribution in [0.25, 0.3) is 0 Å². The third kappa shape index (κ3) is 5.76. The molecule has 2 fully saturated rings. The molecule has 5 atom stereocenters. The van der Waals surface area contributed by atoms with Crippen molar-refractivity contribution in [1.29, 1.82) is 0 Å². The van der Waals surface area contributed by atoms with Crippen molar-refractivity contribution in [2.24, 2.45) is 5.92 Å². The molecular formula is C26H29ClO6. The number of ether oxygens (including phenoxy) is 2. The molecule has 2 aromatic carbocycles. The highest BCUT2D eigenvalue weighted by atomic mass is 35.5. The van der Waals surface area contributed by atoms with E-state index in [9.17, 15) is 20.4 Å². The maximum absolute atomic E-state index is 10.4. The van der Waals surface area contributed by atoms with Gasteiger partial charge in [-0.15, -0.1) is 0 Å². The summed E-state index contributed by atoms with van der Waals surface area (Å²) in [7, 11) is 0. The summed E-state index contributed by atoms with van der Waals surface area (Å²) in [6.07, 6.45) is -3.46. The topological polar surface area (TPSA) is 99.4 Å². The number of rotatable bonds is 4. The normalized spacial score (nSPS) is 28.2. The Morgan fingerprint density at radius 3 is 2.36 bits per heavy atom. The maximum atomic E-state index is 10.4. The Hall–Kier alpha value is -1.95. The van der Waals surface area contributed by atoms with Crippen molar-refractivity contribution < 1.29 is 29.9 Å². The van der Waals surface area contributed by atoms with E-state index >= 15 is 0 Å². The summed E-state index contributed by atoms with van der Waals surface area (Å²) in [6, 6.07) is 13.3. The molecule has 0 radical (unpaired) electrons. The fourth-order valence-corrected chi connectivity index (χ4v) is 4.42. The molecule has 6 nitrogen and oxygen atoms in total. The van der Waals surface area contributed by atoms with Gasteiger partial charge in [0.25, 0.3) is 0 Å². The number of benzene rings is 2. The molecule has 0 aliphatic carbocycles. The minimum Gasteiger partial charge on any atom is -0.394 e. The van der Waals surface area contributed by atoms with Gasteiger partial charge in [-0.25, -0.2) is 0 Å². The van der Waals surface area contributed by atoms with Crippen LogP contribution in [0, 0.1) is 17.8 Å². The van der Waals surface area contributed by atoms with Gasteiger partial charge >= 0.3 is 0 Å². The Balaban J connectivity index is 1.47. The fraction of sp³-hybridized carbons (Fsp3) is 0.462. The van der Waals surface area contributed by atoms with Crippen molar-refractivity contribution in [3.63, 3.8) is 0 Å². The van der Waals surface area contributed by atoms with E-state index in [0.717, 1.165) is 42.7 Å². The van der Waals surface area contributed by atoms with Crippen molar-refractivity contribution in [1.82, 2.24) is 0 Å². The molecule has 2 aliphatic rings. The minimum atomic E-state index is -1.42. The highest BCUT2D eigenvalue weighted by Crippen LogP contribution is 2.34. The molecule has 2 aliphatic heterocycles. The Bertz CT molecular complexity index is 990. The van der Waals surface area contributed by atoms with Crippen LogP contribution in [0.3, 0.4) is 0 Å². The predicted molar refractivity (Wildman–Crippen MR) is 124 cm³/mol. The highest BCUT2D eigenvalue weighted by Gasteiger charge is 2.44. The van der Waals surface area contributed by atoms with Crippen molar-refractivity contribution in [3.05, 3.63) is 69.7 Å². The predicted octanol–water partition coefficient (Wildman–Crippen LogP) is 2.22.